The molecule has 0 amide bonds. The Balaban J connectivity index is 2.03. The molecule has 0 spiro atoms. The van der Waals surface area contributed by atoms with E-state index in [1.807, 2.05) is 0 Å². The largest absolute Gasteiger partial charge is 0.469 e. The Kier molecular flexibility index (Phi) is 5.14. The van der Waals surface area contributed by atoms with E-state index in [4.69, 9.17) is 4.74 Å². The van der Waals surface area contributed by atoms with Gasteiger partial charge in [0.25, 0.3) is 0 Å². The summed E-state index contributed by atoms with van der Waals surface area (Å²) < 4.78 is 32.3. The minimum atomic E-state index is -3.43. The molecule has 3 atom stereocenters. The normalized spacial score (nSPS) is 32.2. The molecule has 1 aliphatic heterocycles. The van der Waals surface area contributed by atoms with Crippen molar-refractivity contribution in [3.05, 3.63) is 0 Å². The van der Waals surface area contributed by atoms with E-state index in [1.54, 1.807) is 11.8 Å². The molecule has 5 nitrogen and oxygen atoms in total. The van der Waals surface area contributed by atoms with Crippen molar-refractivity contribution in [2.24, 2.45) is 5.92 Å². The molecule has 0 bridgehead atoms. The predicted octanol–water partition coefficient (Wildman–Crippen LogP) is 1.14. The fourth-order valence-electron chi connectivity index (χ4n) is 2.87. The van der Waals surface area contributed by atoms with Crippen molar-refractivity contribution >= 4 is 27.8 Å². The SMILES string of the molecule is COC(=O)C1CCCC1S(=O)(=O)NC1CCCSC1. The second-order valence-electron chi connectivity index (χ2n) is 5.18. The molecule has 0 aromatic rings. The van der Waals surface area contributed by atoms with Gasteiger partial charge in [-0.2, -0.15) is 11.8 Å². The third-order valence-corrected chi connectivity index (χ3v) is 7.08. The number of ether oxygens (including phenoxy) is 1. The van der Waals surface area contributed by atoms with Crippen molar-refractivity contribution in [3.8, 4) is 0 Å². The van der Waals surface area contributed by atoms with Crippen molar-refractivity contribution in [1.29, 1.82) is 0 Å². The van der Waals surface area contributed by atoms with Gasteiger partial charge in [-0.15, -0.1) is 0 Å². The summed E-state index contributed by atoms with van der Waals surface area (Å²) in [6, 6.07) is 0.0163. The molecule has 19 heavy (non-hydrogen) atoms. The van der Waals surface area contributed by atoms with Crippen molar-refractivity contribution in [2.75, 3.05) is 18.6 Å². The Morgan fingerprint density at radius 1 is 1.26 bits per heavy atom. The Labute approximate surface area is 118 Å². The lowest BCUT2D eigenvalue weighted by atomic mass is 10.1. The maximum atomic E-state index is 12.4. The molecule has 110 valence electrons. The number of hydrogen-bond donors (Lipinski definition) is 1. The molecule has 2 rings (SSSR count). The van der Waals surface area contributed by atoms with E-state index in [-0.39, 0.29) is 6.04 Å². The van der Waals surface area contributed by atoms with Crippen molar-refractivity contribution in [2.45, 2.75) is 43.4 Å². The molecule has 1 saturated carbocycles. The first-order chi connectivity index (χ1) is 9.04. The number of carbonyl (C=O) groups excluding carboxylic acids is 1. The summed E-state index contributed by atoms with van der Waals surface area (Å²) in [5.41, 5.74) is 0. The van der Waals surface area contributed by atoms with Crippen LogP contribution in [0.5, 0.6) is 0 Å². The second kappa shape index (κ2) is 6.45. The van der Waals surface area contributed by atoms with Crippen LogP contribution in [0, 0.1) is 5.92 Å². The van der Waals surface area contributed by atoms with Gasteiger partial charge in [0.2, 0.25) is 10.0 Å². The first-order valence-corrected chi connectivity index (χ1v) is 9.41. The number of sulfonamides is 1. The monoisotopic (exact) mass is 307 g/mol. The van der Waals surface area contributed by atoms with E-state index in [0.29, 0.717) is 12.8 Å². The zero-order chi connectivity index (χ0) is 13.9. The highest BCUT2D eigenvalue weighted by Crippen LogP contribution is 2.32. The molecule has 2 fully saturated rings. The number of hydrogen-bond acceptors (Lipinski definition) is 5. The lowest BCUT2D eigenvalue weighted by molar-refractivity contribution is -0.145. The van der Waals surface area contributed by atoms with Gasteiger partial charge in [-0.05, 0) is 31.4 Å². The van der Waals surface area contributed by atoms with Crippen LogP contribution in [0.25, 0.3) is 0 Å². The summed E-state index contributed by atoms with van der Waals surface area (Å²) >= 11 is 1.78. The zero-order valence-electron chi connectivity index (χ0n) is 11.1. The predicted molar refractivity (Wildman–Crippen MR) is 75.5 cm³/mol. The highest BCUT2D eigenvalue weighted by Gasteiger charge is 2.42. The summed E-state index contributed by atoms with van der Waals surface area (Å²) in [4.78, 5) is 11.6. The quantitative estimate of drug-likeness (QED) is 0.789. The van der Waals surface area contributed by atoms with Crippen LogP contribution in [0.3, 0.4) is 0 Å². The van der Waals surface area contributed by atoms with Crippen LogP contribution in [0.1, 0.15) is 32.1 Å². The molecule has 1 heterocycles. The van der Waals surface area contributed by atoms with E-state index >= 15 is 0 Å². The lowest BCUT2D eigenvalue weighted by Gasteiger charge is -2.25. The fraction of sp³-hybridized carbons (Fsp3) is 0.917. The van der Waals surface area contributed by atoms with Crippen LogP contribution in [0.2, 0.25) is 0 Å². The third-order valence-electron chi connectivity index (χ3n) is 3.85. The molecule has 3 unspecified atom stereocenters. The summed E-state index contributed by atoms with van der Waals surface area (Å²) in [6.07, 6.45) is 3.86. The molecule has 1 aliphatic carbocycles. The molecular formula is C12H21NO4S2. The fourth-order valence-corrected chi connectivity index (χ4v) is 6.05. The number of nitrogens with one attached hydrogen (secondary N) is 1. The summed E-state index contributed by atoms with van der Waals surface area (Å²) in [5.74, 6) is 1.03. The van der Waals surface area contributed by atoms with Gasteiger partial charge in [-0.1, -0.05) is 6.42 Å². The van der Waals surface area contributed by atoms with Gasteiger partial charge in [0.1, 0.15) is 0 Å². The third kappa shape index (κ3) is 3.64. The van der Waals surface area contributed by atoms with Crippen molar-refractivity contribution < 1.29 is 17.9 Å². The van der Waals surface area contributed by atoms with E-state index in [1.165, 1.54) is 7.11 Å². The van der Waals surface area contributed by atoms with E-state index < -0.39 is 27.2 Å². The Morgan fingerprint density at radius 3 is 2.68 bits per heavy atom. The summed E-state index contributed by atoms with van der Waals surface area (Å²) in [5, 5.41) is -0.619. The minimum Gasteiger partial charge on any atom is -0.469 e. The summed E-state index contributed by atoms with van der Waals surface area (Å²) in [6.45, 7) is 0. The standard InChI is InChI=1S/C12H21NO4S2/c1-17-12(14)10-5-2-6-11(10)19(15,16)13-9-4-3-7-18-8-9/h9-11,13H,2-8H2,1H3. The average Bonchev–Trinajstić information content (AvgIpc) is 2.88. The summed E-state index contributed by atoms with van der Waals surface area (Å²) in [7, 11) is -2.11. The number of rotatable bonds is 4. The van der Waals surface area contributed by atoms with Gasteiger partial charge in [0, 0.05) is 11.8 Å². The molecule has 1 N–H and O–H groups in total. The molecular weight excluding hydrogens is 286 g/mol. The van der Waals surface area contributed by atoms with Crippen LogP contribution < -0.4 is 4.72 Å². The maximum absolute atomic E-state index is 12.4. The average molecular weight is 307 g/mol. The molecule has 2 aliphatic rings. The highest BCUT2D eigenvalue weighted by molar-refractivity contribution is 7.99. The van der Waals surface area contributed by atoms with Crippen molar-refractivity contribution in [3.63, 3.8) is 0 Å². The number of thioether (sulfide) groups is 1. The number of carbonyl (C=O) groups is 1. The smallest absolute Gasteiger partial charge is 0.310 e. The van der Waals surface area contributed by atoms with Crippen LogP contribution in [0.4, 0.5) is 0 Å². The Hall–Kier alpha value is -0.270. The topological polar surface area (TPSA) is 72.5 Å². The van der Waals surface area contributed by atoms with E-state index in [2.05, 4.69) is 4.72 Å². The first kappa shape index (κ1) is 15.1. The second-order valence-corrected chi connectivity index (χ2v) is 8.26. The van der Waals surface area contributed by atoms with Gasteiger partial charge in [0.05, 0.1) is 18.3 Å². The van der Waals surface area contributed by atoms with Gasteiger partial charge in [0.15, 0.2) is 0 Å². The molecule has 7 heteroatoms. The molecule has 1 saturated heterocycles. The van der Waals surface area contributed by atoms with Gasteiger partial charge >= 0.3 is 5.97 Å². The van der Waals surface area contributed by atoms with E-state index in [0.717, 1.165) is 30.8 Å². The van der Waals surface area contributed by atoms with E-state index in [9.17, 15) is 13.2 Å². The Morgan fingerprint density at radius 2 is 2.05 bits per heavy atom. The maximum Gasteiger partial charge on any atom is 0.310 e. The van der Waals surface area contributed by atoms with Gasteiger partial charge < -0.3 is 4.74 Å². The van der Waals surface area contributed by atoms with Gasteiger partial charge in [-0.25, -0.2) is 13.1 Å². The molecule has 0 aromatic carbocycles. The van der Waals surface area contributed by atoms with Crippen LogP contribution >= 0.6 is 11.8 Å². The molecule has 0 aromatic heterocycles. The number of esters is 1. The van der Waals surface area contributed by atoms with Crippen LogP contribution in [0.15, 0.2) is 0 Å². The van der Waals surface area contributed by atoms with Crippen molar-refractivity contribution in [1.82, 2.24) is 4.72 Å². The highest BCUT2D eigenvalue weighted by atomic mass is 32.2. The number of methoxy groups -OCH3 is 1. The Bertz CT molecular complexity index is 417. The molecule has 0 radical (unpaired) electrons. The van der Waals surface area contributed by atoms with Gasteiger partial charge in [-0.3, -0.25) is 4.79 Å². The first-order valence-electron chi connectivity index (χ1n) is 6.71. The lowest BCUT2D eigenvalue weighted by Crippen LogP contribution is -2.45. The zero-order valence-corrected chi connectivity index (χ0v) is 12.8. The minimum absolute atomic E-state index is 0.0163. The van der Waals surface area contributed by atoms with Crippen LogP contribution in [-0.4, -0.2) is 44.3 Å². The van der Waals surface area contributed by atoms with Crippen LogP contribution in [-0.2, 0) is 19.6 Å².